The highest BCUT2D eigenvalue weighted by Gasteiger charge is 2.25. The summed E-state index contributed by atoms with van der Waals surface area (Å²) in [7, 11) is 0. The zero-order valence-corrected chi connectivity index (χ0v) is 10.1. The van der Waals surface area contributed by atoms with Gasteiger partial charge in [0.25, 0.3) is 0 Å². The van der Waals surface area contributed by atoms with Crippen molar-refractivity contribution in [2.75, 3.05) is 0 Å². The van der Waals surface area contributed by atoms with Crippen molar-refractivity contribution < 1.29 is 4.79 Å². The summed E-state index contributed by atoms with van der Waals surface area (Å²) in [6.07, 6.45) is 2.55. The first kappa shape index (κ1) is 10.4. The van der Waals surface area contributed by atoms with Crippen molar-refractivity contribution >= 4 is 23.4 Å². The lowest BCUT2D eigenvalue weighted by molar-refractivity contribution is 0.104. The third-order valence-electron chi connectivity index (χ3n) is 3.01. The van der Waals surface area contributed by atoms with Crippen LogP contribution in [0.2, 0.25) is 0 Å². The van der Waals surface area contributed by atoms with Gasteiger partial charge in [-0.2, -0.15) is 0 Å². The summed E-state index contributed by atoms with van der Waals surface area (Å²) in [5.41, 5.74) is 4.73. The van der Waals surface area contributed by atoms with Crippen LogP contribution in [0.3, 0.4) is 0 Å². The molecule has 3 rings (SSSR count). The minimum Gasteiger partial charge on any atom is -0.289 e. The fourth-order valence-electron chi connectivity index (χ4n) is 2.12. The van der Waals surface area contributed by atoms with Crippen LogP contribution in [0.25, 0.3) is 6.08 Å². The van der Waals surface area contributed by atoms with Crippen molar-refractivity contribution in [3.05, 3.63) is 51.5 Å². The first-order chi connectivity index (χ1) is 8.25. The second kappa shape index (κ2) is 3.89. The van der Waals surface area contributed by atoms with Gasteiger partial charge in [-0.05, 0) is 35.7 Å². The lowest BCUT2D eigenvalue weighted by Crippen LogP contribution is -1.95. The molecule has 1 aromatic carbocycles. The Hall–Kier alpha value is -1.81. The van der Waals surface area contributed by atoms with E-state index in [4.69, 9.17) is 0 Å². The van der Waals surface area contributed by atoms with Gasteiger partial charge < -0.3 is 0 Å². The average Bonchev–Trinajstić information content (AvgIpc) is 2.92. The van der Waals surface area contributed by atoms with Crippen molar-refractivity contribution in [2.24, 2.45) is 0 Å². The summed E-state index contributed by atoms with van der Waals surface area (Å²) >= 11 is 1.29. The van der Waals surface area contributed by atoms with E-state index in [0.717, 1.165) is 22.4 Å². The quantitative estimate of drug-likeness (QED) is 0.722. The van der Waals surface area contributed by atoms with Gasteiger partial charge in [-0.25, -0.2) is 0 Å². The normalized spacial score (nSPS) is 16.5. The highest BCUT2D eigenvalue weighted by Crippen LogP contribution is 2.29. The van der Waals surface area contributed by atoms with Gasteiger partial charge in [0.1, 0.15) is 0 Å². The third kappa shape index (κ3) is 1.70. The van der Waals surface area contributed by atoms with Gasteiger partial charge >= 0.3 is 0 Å². The highest BCUT2D eigenvalue weighted by atomic mass is 32.1. The minimum atomic E-state index is 0.122. The van der Waals surface area contributed by atoms with Gasteiger partial charge in [-0.3, -0.25) is 4.79 Å². The Balaban J connectivity index is 2.05. The molecule has 0 amide bonds. The van der Waals surface area contributed by atoms with Crippen LogP contribution in [0.15, 0.2) is 29.2 Å². The Morgan fingerprint density at radius 2 is 2.29 bits per heavy atom. The van der Waals surface area contributed by atoms with Gasteiger partial charge in [0, 0.05) is 22.9 Å². The van der Waals surface area contributed by atoms with E-state index in [0.29, 0.717) is 6.42 Å². The standard InChI is InChI=1S/C13H10N2OS/c1-8-3-2-4-11-12(8)6-9(13(11)16)5-10-7-17-15-14-10/h2-5,7H,6H2,1H3/b9-5+. The molecule has 0 aliphatic heterocycles. The molecule has 0 spiro atoms. The molecule has 1 aliphatic rings. The molecule has 0 atom stereocenters. The van der Waals surface area contributed by atoms with Crippen molar-refractivity contribution in [3.63, 3.8) is 0 Å². The summed E-state index contributed by atoms with van der Waals surface area (Å²) in [5, 5.41) is 5.78. The monoisotopic (exact) mass is 242 g/mol. The van der Waals surface area contributed by atoms with Crippen molar-refractivity contribution in [2.45, 2.75) is 13.3 Å². The molecule has 84 valence electrons. The number of hydrogen-bond acceptors (Lipinski definition) is 4. The number of aryl methyl sites for hydroxylation is 1. The van der Waals surface area contributed by atoms with Crippen LogP contribution in [-0.4, -0.2) is 15.4 Å². The lowest BCUT2D eigenvalue weighted by Gasteiger charge is -1.99. The molecule has 0 saturated carbocycles. The predicted molar refractivity (Wildman–Crippen MR) is 67.1 cm³/mol. The summed E-state index contributed by atoms with van der Waals surface area (Å²) < 4.78 is 3.79. The number of hydrogen-bond donors (Lipinski definition) is 0. The average molecular weight is 242 g/mol. The number of rotatable bonds is 1. The number of allylic oxidation sites excluding steroid dienone is 1. The van der Waals surface area contributed by atoms with Crippen LogP contribution in [0, 0.1) is 6.92 Å². The molecule has 2 aromatic rings. The van der Waals surface area contributed by atoms with Crippen LogP contribution in [-0.2, 0) is 6.42 Å². The van der Waals surface area contributed by atoms with Gasteiger partial charge in [-0.1, -0.05) is 22.7 Å². The van der Waals surface area contributed by atoms with Crippen molar-refractivity contribution in [1.82, 2.24) is 9.59 Å². The topological polar surface area (TPSA) is 42.9 Å². The number of Topliss-reactive ketones (excluding diaryl/α,β-unsaturated/α-hetero) is 1. The SMILES string of the molecule is Cc1cccc2c1C/C(=C\c1csnn1)C2=O. The lowest BCUT2D eigenvalue weighted by atomic mass is 10.1. The van der Waals surface area contributed by atoms with Crippen molar-refractivity contribution in [1.29, 1.82) is 0 Å². The fourth-order valence-corrected chi connectivity index (χ4v) is 2.53. The Morgan fingerprint density at radius 3 is 3.00 bits per heavy atom. The smallest absolute Gasteiger partial charge is 0.189 e. The zero-order valence-electron chi connectivity index (χ0n) is 9.30. The highest BCUT2D eigenvalue weighted by molar-refractivity contribution is 7.03. The van der Waals surface area contributed by atoms with Crippen molar-refractivity contribution in [3.8, 4) is 0 Å². The maximum Gasteiger partial charge on any atom is 0.189 e. The predicted octanol–water partition coefficient (Wildman–Crippen LogP) is 2.67. The van der Waals surface area contributed by atoms with E-state index in [-0.39, 0.29) is 5.78 Å². The van der Waals surface area contributed by atoms with E-state index >= 15 is 0 Å². The molecule has 17 heavy (non-hydrogen) atoms. The van der Waals surface area contributed by atoms with E-state index in [1.807, 2.05) is 36.6 Å². The van der Waals surface area contributed by atoms with Crippen LogP contribution < -0.4 is 0 Å². The number of benzene rings is 1. The molecule has 4 heteroatoms. The van der Waals surface area contributed by atoms with Gasteiger partial charge in [0.15, 0.2) is 5.78 Å². The Bertz CT molecular complexity index is 614. The minimum absolute atomic E-state index is 0.122. The largest absolute Gasteiger partial charge is 0.289 e. The molecular formula is C13H10N2OS. The zero-order chi connectivity index (χ0) is 11.8. The van der Waals surface area contributed by atoms with Crippen LogP contribution in [0.1, 0.15) is 27.2 Å². The number of carbonyl (C=O) groups is 1. The first-order valence-corrected chi connectivity index (χ1v) is 6.20. The maximum absolute atomic E-state index is 12.2. The molecule has 0 unspecified atom stereocenters. The summed E-state index contributed by atoms with van der Waals surface area (Å²) in [4.78, 5) is 12.2. The second-order valence-corrected chi connectivity index (χ2v) is 4.72. The van der Waals surface area contributed by atoms with Gasteiger partial charge in [-0.15, -0.1) is 5.10 Å². The summed E-state index contributed by atoms with van der Waals surface area (Å²) in [6.45, 7) is 2.04. The van der Waals surface area contributed by atoms with Crippen LogP contribution in [0.5, 0.6) is 0 Å². The number of aromatic nitrogens is 2. The molecule has 0 saturated heterocycles. The molecule has 0 N–H and O–H groups in total. The number of fused-ring (bicyclic) bond motifs is 1. The van der Waals surface area contributed by atoms with E-state index in [1.54, 1.807) is 0 Å². The second-order valence-electron chi connectivity index (χ2n) is 4.11. The van der Waals surface area contributed by atoms with E-state index in [9.17, 15) is 4.79 Å². The van der Waals surface area contributed by atoms with Gasteiger partial charge in [0.2, 0.25) is 0 Å². The number of ketones is 1. The third-order valence-corrected chi connectivity index (χ3v) is 3.54. The molecule has 0 radical (unpaired) electrons. The Labute approximate surface area is 103 Å². The maximum atomic E-state index is 12.2. The molecule has 1 aliphatic carbocycles. The molecular weight excluding hydrogens is 232 g/mol. The first-order valence-electron chi connectivity index (χ1n) is 5.36. The number of carbonyl (C=O) groups excluding carboxylic acids is 1. The summed E-state index contributed by atoms with van der Waals surface area (Å²) in [5.74, 6) is 0.122. The van der Waals surface area contributed by atoms with Gasteiger partial charge in [0.05, 0.1) is 5.69 Å². The molecule has 3 nitrogen and oxygen atoms in total. The van der Waals surface area contributed by atoms with E-state index in [1.165, 1.54) is 17.1 Å². The molecule has 0 bridgehead atoms. The summed E-state index contributed by atoms with van der Waals surface area (Å²) in [6, 6.07) is 5.86. The van der Waals surface area contributed by atoms with E-state index in [2.05, 4.69) is 9.59 Å². The Kier molecular flexibility index (Phi) is 2.37. The molecule has 1 heterocycles. The number of nitrogens with zero attached hydrogens (tertiary/aromatic N) is 2. The fraction of sp³-hybridized carbons (Fsp3) is 0.154. The molecule has 1 aromatic heterocycles. The Morgan fingerprint density at radius 1 is 1.41 bits per heavy atom. The molecule has 0 fully saturated rings. The van der Waals surface area contributed by atoms with E-state index < -0.39 is 0 Å². The van der Waals surface area contributed by atoms with Crippen LogP contribution in [0.4, 0.5) is 0 Å². The van der Waals surface area contributed by atoms with Crippen LogP contribution >= 0.6 is 11.5 Å².